The molecule has 0 unspecified atom stereocenters. The van der Waals surface area contributed by atoms with Gasteiger partial charge >= 0.3 is 0 Å². The van der Waals surface area contributed by atoms with Crippen LogP contribution in [-0.4, -0.2) is 51.0 Å². The summed E-state index contributed by atoms with van der Waals surface area (Å²) in [5.41, 5.74) is 0.839. The molecule has 1 saturated carbocycles. The van der Waals surface area contributed by atoms with E-state index >= 15 is 0 Å². The molecule has 2 N–H and O–H groups in total. The van der Waals surface area contributed by atoms with Gasteiger partial charge < -0.3 is 19.7 Å². The van der Waals surface area contributed by atoms with Gasteiger partial charge in [-0.25, -0.2) is 18.7 Å². The van der Waals surface area contributed by atoms with E-state index in [4.69, 9.17) is 4.42 Å². The maximum atomic E-state index is 13.7. The summed E-state index contributed by atoms with van der Waals surface area (Å²) in [5.74, 6) is 0.321. The number of rotatable bonds is 5. The van der Waals surface area contributed by atoms with Crippen LogP contribution in [0.3, 0.4) is 0 Å². The summed E-state index contributed by atoms with van der Waals surface area (Å²) in [7, 11) is 1.98. The van der Waals surface area contributed by atoms with Crippen molar-refractivity contribution in [1.82, 2.24) is 19.9 Å². The lowest BCUT2D eigenvalue weighted by molar-refractivity contribution is -0.117. The third-order valence-electron chi connectivity index (χ3n) is 7.03. The molecule has 186 valence electrons. The van der Waals surface area contributed by atoms with Crippen molar-refractivity contribution in [1.29, 1.82) is 0 Å². The number of anilines is 1. The third-order valence-corrected chi connectivity index (χ3v) is 7.03. The summed E-state index contributed by atoms with van der Waals surface area (Å²) in [6, 6.07) is 6.97. The molecular weight excluding hydrogens is 468 g/mol. The van der Waals surface area contributed by atoms with Gasteiger partial charge in [-0.15, -0.1) is 0 Å². The van der Waals surface area contributed by atoms with Gasteiger partial charge in [0.15, 0.2) is 5.58 Å². The highest BCUT2D eigenvalue weighted by Crippen LogP contribution is 2.37. The predicted molar refractivity (Wildman–Crippen MR) is 129 cm³/mol. The Labute approximate surface area is 205 Å². The molecule has 1 saturated heterocycles. The average Bonchev–Trinajstić information content (AvgIpc) is 3.62. The first-order valence-electron chi connectivity index (χ1n) is 12.0. The van der Waals surface area contributed by atoms with Crippen LogP contribution in [0.4, 0.5) is 14.6 Å². The second-order valence-corrected chi connectivity index (χ2v) is 9.81. The van der Waals surface area contributed by atoms with Crippen molar-refractivity contribution < 1.29 is 23.1 Å². The fraction of sp³-hybridized carbons (Fsp3) is 0.385. The molecule has 4 heterocycles. The molecule has 36 heavy (non-hydrogen) atoms. The number of likely N-dealkylation sites (tertiary alicyclic amines) is 1. The van der Waals surface area contributed by atoms with Gasteiger partial charge in [-0.05, 0) is 63.0 Å². The molecular formula is C26H25F2N5O3. The number of benzene rings is 1. The number of aliphatic hydroxyl groups is 1. The van der Waals surface area contributed by atoms with Crippen molar-refractivity contribution in [3.8, 4) is 11.5 Å². The number of hydrogen-bond acceptors (Lipinski definition) is 7. The van der Waals surface area contributed by atoms with Crippen molar-refractivity contribution in [2.24, 2.45) is 5.92 Å². The number of β-amino-alcohol motifs (C(OH)–C–C–N with tert-alkyl or cyclic N) is 1. The number of amides is 1. The Kier molecular flexibility index (Phi) is 5.45. The number of likely N-dealkylation sites (N-methyl/N-ethyl adjacent to an activating group) is 1. The zero-order valence-electron chi connectivity index (χ0n) is 19.7. The number of hydrogen-bond donors (Lipinski definition) is 2. The number of oxazole rings is 1. The van der Waals surface area contributed by atoms with Gasteiger partial charge in [0, 0.05) is 35.6 Å². The van der Waals surface area contributed by atoms with E-state index in [-0.39, 0.29) is 28.9 Å². The Hall–Kier alpha value is -3.50. The van der Waals surface area contributed by atoms with Crippen molar-refractivity contribution in [2.75, 3.05) is 25.5 Å². The van der Waals surface area contributed by atoms with E-state index in [2.05, 4.69) is 25.2 Å². The number of pyridine rings is 2. The van der Waals surface area contributed by atoms with Crippen LogP contribution >= 0.6 is 0 Å². The standard InChI is InChI=1S/C26H25F2N5O3/c1-33-8-2-7-26(35,13-33)15-5-6-20-19(9-15)31-25(36-20)18-12-30-22(23(27)28)17-11-29-21(10-16(17)18)32-24(34)14-3-4-14/h5-6,9-12,14,23,35H,2-4,7-8,13H2,1H3,(H,29,32,34)/t26-/m1/s1. The summed E-state index contributed by atoms with van der Waals surface area (Å²) in [5, 5.41) is 14.6. The first kappa shape index (κ1) is 22.9. The molecule has 1 aromatic carbocycles. The van der Waals surface area contributed by atoms with E-state index in [1.54, 1.807) is 12.1 Å². The predicted octanol–water partition coefficient (Wildman–Crippen LogP) is 4.64. The van der Waals surface area contributed by atoms with Gasteiger partial charge in [0.25, 0.3) is 6.43 Å². The van der Waals surface area contributed by atoms with E-state index in [0.717, 1.165) is 31.4 Å². The topological polar surface area (TPSA) is 104 Å². The number of fused-ring (bicyclic) bond motifs is 2. The molecule has 1 amide bonds. The van der Waals surface area contributed by atoms with Gasteiger partial charge in [0.2, 0.25) is 11.8 Å². The number of alkyl halides is 2. The summed E-state index contributed by atoms with van der Waals surface area (Å²) in [4.78, 5) is 27.1. The van der Waals surface area contributed by atoms with Crippen LogP contribution < -0.4 is 5.32 Å². The van der Waals surface area contributed by atoms with Crippen LogP contribution in [0.15, 0.2) is 41.1 Å². The van der Waals surface area contributed by atoms with Crippen LogP contribution in [-0.2, 0) is 10.4 Å². The van der Waals surface area contributed by atoms with Crippen molar-refractivity contribution in [3.05, 3.63) is 47.9 Å². The normalized spacial score (nSPS) is 20.9. The molecule has 2 fully saturated rings. The Morgan fingerprint density at radius 1 is 1.22 bits per heavy atom. The van der Waals surface area contributed by atoms with Crippen LogP contribution in [0.25, 0.3) is 33.3 Å². The maximum absolute atomic E-state index is 13.7. The smallest absolute Gasteiger partial charge is 0.281 e. The summed E-state index contributed by atoms with van der Waals surface area (Å²) < 4.78 is 33.4. The molecule has 4 aromatic rings. The Bertz CT molecular complexity index is 1490. The number of nitrogens with zero attached hydrogens (tertiary/aromatic N) is 4. The lowest BCUT2D eigenvalue weighted by Crippen LogP contribution is -2.44. The van der Waals surface area contributed by atoms with Gasteiger partial charge in [-0.2, -0.15) is 0 Å². The summed E-state index contributed by atoms with van der Waals surface area (Å²) in [6.07, 6.45) is 3.02. The van der Waals surface area contributed by atoms with Gasteiger partial charge in [-0.1, -0.05) is 6.07 Å². The molecule has 0 radical (unpaired) electrons. The minimum absolute atomic E-state index is 0.0268. The lowest BCUT2D eigenvalue weighted by atomic mass is 9.86. The van der Waals surface area contributed by atoms with Crippen LogP contribution in [0.2, 0.25) is 0 Å². The molecule has 0 bridgehead atoms. The molecule has 1 aliphatic heterocycles. The molecule has 0 spiro atoms. The van der Waals surface area contributed by atoms with Crippen molar-refractivity contribution in [2.45, 2.75) is 37.7 Å². The Balaban J connectivity index is 1.43. The number of carbonyl (C=O) groups is 1. The minimum atomic E-state index is -2.80. The quantitative estimate of drug-likeness (QED) is 0.417. The molecule has 10 heteroatoms. The highest BCUT2D eigenvalue weighted by Gasteiger charge is 2.34. The molecule has 1 atom stereocenters. The van der Waals surface area contributed by atoms with Crippen molar-refractivity contribution >= 4 is 33.6 Å². The van der Waals surface area contributed by atoms with E-state index in [1.807, 2.05) is 19.2 Å². The molecule has 1 aliphatic carbocycles. The molecule has 6 rings (SSSR count). The summed E-state index contributed by atoms with van der Waals surface area (Å²) >= 11 is 0. The van der Waals surface area contributed by atoms with E-state index in [9.17, 15) is 18.7 Å². The highest BCUT2D eigenvalue weighted by atomic mass is 19.3. The second kappa shape index (κ2) is 8.56. The number of nitrogens with one attached hydrogen (secondary N) is 1. The van der Waals surface area contributed by atoms with Crippen LogP contribution in [0.5, 0.6) is 0 Å². The fourth-order valence-corrected chi connectivity index (χ4v) is 4.96. The lowest BCUT2D eigenvalue weighted by Gasteiger charge is -2.37. The molecule has 2 aliphatic rings. The first-order valence-corrected chi connectivity index (χ1v) is 12.0. The highest BCUT2D eigenvalue weighted by molar-refractivity contribution is 6.00. The average molecular weight is 494 g/mol. The zero-order valence-corrected chi connectivity index (χ0v) is 19.7. The van der Waals surface area contributed by atoms with E-state index in [0.29, 0.717) is 35.0 Å². The Morgan fingerprint density at radius 3 is 2.81 bits per heavy atom. The SMILES string of the molecule is CN1CCC[C@](O)(c2ccc3oc(-c4cnc(C(F)F)c5cnc(NC(=O)C6CC6)cc45)nc3c2)C1. The third kappa shape index (κ3) is 4.10. The number of halogens is 2. The van der Waals surface area contributed by atoms with Crippen molar-refractivity contribution in [3.63, 3.8) is 0 Å². The monoisotopic (exact) mass is 493 g/mol. The van der Waals surface area contributed by atoms with E-state index in [1.165, 1.54) is 12.4 Å². The first-order chi connectivity index (χ1) is 17.3. The van der Waals surface area contributed by atoms with Gasteiger partial charge in [0.05, 0.1) is 5.56 Å². The number of aromatic nitrogens is 3. The minimum Gasteiger partial charge on any atom is -0.436 e. The van der Waals surface area contributed by atoms with Gasteiger partial charge in [0.1, 0.15) is 22.6 Å². The molecule has 8 nitrogen and oxygen atoms in total. The van der Waals surface area contributed by atoms with Gasteiger partial charge in [-0.3, -0.25) is 9.78 Å². The number of piperidine rings is 1. The summed E-state index contributed by atoms with van der Waals surface area (Å²) in [6.45, 7) is 1.46. The largest absolute Gasteiger partial charge is 0.436 e. The maximum Gasteiger partial charge on any atom is 0.281 e. The zero-order chi connectivity index (χ0) is 25.0. The van der Waals surface area contributed by atoms with E-state index < -0.39 is 17.7 Å². The molecule has 3 aromatic heterocycles. The van der Waals surface area contributed by atoms with Crippen LogP contribution in [0.1, 0.15) is 43.4 Å². The number of carbonyl (C=O) groups excluding carboxylic acids is 1. The fourth-order valence-electron chi connectivity index (χ4n) is 4.96. The Morgan fingerprint density at radius 2 is 2.06 bits per heavy atom. The van der Waals surface area contributed by atoms with Crippen LogP contribution in [0, 0.1) is 5.92 Å². The second-order valence-electron chi connectivity index (χ2n) is 9.81.